The summed E-state index contributed by atoms with van der Waals surface area (Å²) in [6.07, 6.45) is 0. The fourth-order valence-corrected chi connectivity index (χ4v) is 10.3. The summed E-state index contributed by atoms with van der Waals surface area (Å²) >= 11 is 0. The van der Waals surface area contributed by atoms with Crippen LogP contribution in [-0.4, -0.2) is 0 Å². The molecule has 0 saturated heterocycles. The van der Waals surface area contributed by atoms with Gasteiger partial charge >= 0.3 is 0 Å². The number of rotatable bonds is 8. The van der Waals surface area contributed by atoms with Gasteiger partial charge in [-0.05, 0) is 139 Å². The molecule has 0 unspecified atom stereocenters. The Balaban J connectivity index is 0.947. The quantitative estimate of drug-likeness (QED) is 0.152. The fourth-order valence-electron chi connectivity index (χ4n) is 10.3. The van der Waals surface area contributed by atoms with Crippen LogP contribution in [0.2, 0.25) is 0 Å². The number of nitrogens with zero attached hydrogens (tertiary/aromatic N) is 1. The van der Waals surface area contributed by atoms with E-state index in [1.54, 1.807) is 0 Å². The van der Waals surface area contributed by atoms with E-state index in [0.717, 1.165) is 50.1 Å². The van der Waals surface area contributed by atoms with Crippen molar-refractivity contribution in [2.45, 2.75) is 19.3 Å². The number of para-hydroxylation sites is 2. The number of fused-ring (bicyclic) bond motifs is 6. The smallest absolute Gasteiger partial charge is 0.135 e. The van der Waals surface area contributed by atoms with Crippen LogP contribution >= 0.6 is 0 Å². The predicted molar refractivity (Wildman–Crippen MR) is 273 cm³/mol. The van der Waals surface area contributed by atoms with Gasteiger partial charge in [-0.1, -0.05) is 184 Å². The van der Waals surface area contributed by atoms with Crippen molar-refractivity contribution in [2.24, 2.45) is 0 Å². The van der Waals surface area contributed by atoms with E-state index in [1.807, 2.05) is 12.1 Å². The van der Waals surface area contributed by atoms with Gasteiger partial charge in [0.2, 0.25) is 0 Å². The molecule has 12 rings (SSSR count). The molecule has 0 spiro atoms. The Morgan fingerprint density at radius 3 is 1.48 bits per heavy atom. The fraction of sp³-hybridized carbons (Fsp3) is 0.0476. The molecule has 0 N–H and O–H groups in total. The maximum atomic E-state index is 6.15. The second-order valence-electron chi connectivity index (χ2n) is 17.7. The second-order valence-corrected chi connectivity index (χ2v) is 17.7. The molecule has 0 radical (unpaired) electrons. The van der Waals surface area contributed by atoms with Crippen LogP contribution in [0.25, 0.3) is 88.7 Å². The Morgan fingerprint density at radius 2 is 0.800 bits per heavy atom. The molecule has 1 aromatic heterocycles. The molecule has 0 bridgehead atoms. The van der Waals surface area contributed by atoms with Crippen LogP contribution in [0, 0.1) is 0 Å². The van der Waals surface area contributed by atoms with Gasteiger partial charge < -0.3 is 9.32 Å². The van der Waals surface area contributed by atoms with Gasteiger partial charge in [0.15, 0.2) is 0 Å². The monoisotopic (exact) mass is 831 g/mol. The highest BCUT2D eigenvalue weighted by atomic mass is 16.3. The predicted octanol–water partition coefficient (Wildman–Crippen LogP) is 17.7. The highest BCUT2D eigenvalue weighted by Gasteiger charge is 2.38. The lowest BCUT2D eigenvalue weighted by Gasteiger charge is -2.28. The van der Waals surface area contributed by atoms with Crippen LogP contribution in [0.15, 0.2) is 241 Å². The van der Waals surface area contributed by atoms with Crippen LogP contribution in [0.3, 0.4) is 0 Å². The number of hydrogen-bond donors (Lipinski definition) is 0. The summed E-state index contributed by atoms with van der Waals surface area (Å²) in [4.78, 5) is 2.39. The van der Waals surface area contributed by atoms with E-state index in [-0.39, 0.29) is 5.41 Å². The van der Waals surface area contributed by atoms with Gasteiger partial charge in [-0.3, -0.25) is 0 Å². The van der Waals surface area contributed by atoms with Crippen LogP contribution in [-0.2, 0) is 5.41 Å². The van der Waals surface area contributed by atoms with E-state index >= 15 is 0 Å². The minimum absolute atomic E-state index is 0.171. The summed E-state index contributed by atoms with van der Waals surface area (Å²) in [6, 6.07) is 85.8. The average molecular weight is 832 g/mol. The summed E-state index contributed by atoms with van der Waals surface area (Å²) in [6.45, 7) is 4.77. The van der Waals surface area contributed by atoms with Crippen LogP contribution in [0.1, 0.15) is 25.0 Å². The lowest BCUT2D eigenvalue weighted by molar-refractivity contribution is 0.662. The van der Waals surface area contributed by atoms with Gasteiger partial charge in [0, 0.05) is 33.1 Å². The molecule has 308 valence electrons. The van der Waals surface area contributed by atoms with Crippen molar-refractivity contribution in [1.82, 2.24) is 0 Å². The Labute approximate surface area is 380 Å². The molecular formula is C63H45NO. The summed E-state index contributed by atoms with van der Waals surface area (Å²) in [7, 11) is 0. The minimum atomic E-state index is -0.171. The van der Waals surface area contributed by atoms with Crippen LogP contribution in [0.5, 0.6) is 0 Å². The molecule has 0 atom stereocenters. The van der Waals surface area contributed by atoms with E-state index in [4.69, 9.17) is 4.42 Å². The number of benzene rings is 10. The average Bonchev–Trinajstić information content (AvgIpc) is 3.86. The largest absolute Gasteiger partial charge is 0.456 e. The molecule has 10 aromatic carbocycles. The summed E-state index contributed by atoms with van der Waals surface area (Å²) in [5, 5.41) is 2.27. The second kappa shape index (κ2) is 15.6. The van der Waals surface area contributed by atoms with Crippen LogP contribution < -0.4 is 4.90 Å². The molecular weight excluding hydrogens is 787 g/mol. The van der Waals surface area contributed by atoms with E-state index in [0.29, 0.717) is 0 Å². The molecule has 65 heavy (non-hydrogen) atoms. The topological polar surface area (TPSA) is 16.4 Å². The van der Waals surface area contributed by atoms with E-state index in [1.165, 1.54) is 66.8 Å². The molecule has 11 aromatic rings. The Morgan fingerprint density at radius 1 is 0.323 bits per heavy atom. The van der Waals surface area contributed by atoms with Gasteiger partial charge in [0.05, 0.1) is 5.69 Å². The first-order valence-corrected chi connectivity index (χ1v) is 22.5. The zero-order valence-corrected chi connectivity index (χ0v) is 36.4. The van der Waals surface area contributed by atoms with Crippen molar-refractivity contribution in [3.8, 4) is 66.8 Å². The van der Waals surface area contributed by atoms with Gasteiger partial charge in [0.25, 0.3) is 0 Å². The highest BCUT2D eigenvalue weighted by Crippen LogP contribution is 2.54. The standard InChI is InChI=1S/C63H45NO/c1-63(2)58-36-30-47(38-55(58)57-41-49(42-16-6-3-7-17-42)40-54(62(57)63)46-20-10-5-11-21-46)43-26-32-50(33-27-43)64(59-24-14-12-22-52(59)45-18-8-4-9-19-45)51-34-28-44(29-35-51)48-31-37-61-56(39-48)53-23-13-15-25-60(53)65-61/h3-41H,1-2H3. The Kier molecular flexibility index (Phi) is 9.21. The number of hydrogen-bond acceptors (Lipinski definition) is 2. The molecule has 2 nitrogen and oxygen atoms in total. The summed E-state index contributed by atoms with van der Waals surface area (Å²) in [5.41, 5.74) is 22.3. The molecule has 1 heterocycles. The summed E-state index contributed by atoms with van der Waals surface area (Å²) in [5.74, 6) is 0. The van der Waals surface area contributed by atoms with Crippen molar-refractivity contribution in [3.05, 3.63) is 248 Å². The molecule has 1 aliphatic rings. The molecule has 0 aliphatic heterocycles. The van der Waals surface area contributed by atoms with Crippen molar-refractivity contribution < 1.29 is 4.42 Å². The van der Waals surface area contributed by atoms with E-state index < -0.39 is 0 Å². The van der Waals surface area contributed by atoms with Crippen molar-refractivity contribution >= 4 is 39.0 Å². The molecule has 0 saturated carbocycles. The lowest BCUT2D eigenvalue weighted by atomic mass is 9.78. The van der Waals surface area contributed by atoms with Gasteiger partial charge in [-0.25, -0.2) is 0 Å². The van der Waals surface area contributed by atoms with E-state index in [9.17, 15) is 0 Å². The highest BCUT2D eigenvalue weighted by molar-refractivity contribution is 6.06. The van der Waals surface area contributed by atoms with Crippen molar-refractivity contribution in [3.63, 3.8) is 0 Å². The third-order valence-corrected chi connectivity index (χ3v) is 13.5. The zero-order chi connectivity index (χ0) is 43.5. The third-order valence-electron chi connectivity index (χ3n) is 13.5. The maximum Gasteiger partial charge on any atom is 0.135 e. The van der Waals surface area contributed by atoms with Gasteiger partial charge in [-0.2, -0.15) is 0 Å². The lowest BCUT2D eigenvalue weighted by Crippen LogP contribution is -2.16. The first kappa shape index (κ1) is 38.5. The molecule has 0 amide bonds. The summed E-state index contributed by atoms with van der Waals surface area (Å²) < 4.78 is 6.15. The maximum absolute atomic E-state index is 6.15. The van der Waals surface area contributed by atoms with E-state index in [2.05, 4.69) is 243 Å². The SMILES string of the molecule is CC1(C)c2ccc(-c3ccc(N(c4ccc(-c5ccc6oc7ccccc7c6c5)cc4)c4ccccc4-c4ccccc4)cc3)cc2-c2cc(-c3ccccc3)cc(-c3ccccc3)c21. The third kappa shape index (κ3) is 6.65. The number of anilines is 3. The number of furan rings is 1. The molecule has 2 heteroatoms. The van der Waals surface area contributed by atoms with Gasteiger partial charge in [-0.15, -0.1) is 0 Å². The Hall–Kier alpha value is -8.20. The zero-order valence-electron chi connectivity index (χ0n) is 36.4. The normalized spacial score (nSPS) is 12.6. The molecule has 0 fully saturated rings. The Bertz CT molecular complexity index is 3530. The van der Waals surface area contributed by atoms with Crippen LogP contribution in [0.4, 0.5) is 17.1 Å². The first-order valence-electron chi connectivity index (χ1n) is 22.5. The van der Waals surface area contributed by atoms with Crippen molar-refractivity contribution in [1.29, 1.82) is 0 Å². The van der Waals surface area contributed by atoms with Crippen molar-refractivity contribution in [2.75, 3.05) is 4.90 Å². The first-order chi connectivity index (χ1) is 32.0. The minimum Gasteiger partial charge on any atom is -0.456 e. The molecule has 1 aliphatic carbocycles. The van der Waals surface area contributed by atoms with Gasteiger partial charge in [0.1, 0.15) is 11.2 Å².